The van der Waals surface area contributed by atoms with Crippen molar-refractivity contribution in [3.8, 4) is 0 Å². The Hall–Kier alpha value is -0.700. The summed E-state index contributed by atoms with van der Waals surface area (Å²) in [6.45, 7) is 0.589. The van der Waals surface area contributed by atoms with Gasteiger partial charge in [-0.3, -0.25) is 0 Å². The normalized spacial score (nSPS) is 11.2. The molecule has 0 spiro atoms. The van der Waals surface area contributed by atoms with Crippen LogP contribution in [0.2, 0.25) is 10.2 Å². The fourth-order valence-corrected chi connectivity index (χ4v) is 2.48. The molecule has 2 N–H and O–H groups in total. The molecule has 0 saturated carbocycles. The van der Waals surface area contributed by atoms with Gasteiger partial charge in [-0.15, -0.1) is 0 Å². The van der Waals surface area contributed by atoms with E-state index in [4.69, 9.17) is 28.9 Å². The van der Waals surface area contributed by atoms with Crippen molar-refractivity contribution in [2.24, 2.45) is 12.8 Å². The van der Waals surface area contributed by atoms with Gasteiger partial charge in [0.1, 0.15) is 5.15 Å². The van der Waals surface area contributed by atoms with Crippen molar-refractivity contribution in [3.63, 3.8) is 0 Å². The molecule has 1 aromatic heterocycles. The van der Waals surface area contributed by atoms with E-state index in [0.717, 1.165) is 33.1 Å². The number of benzene rings is 1. The van der Waals surface area contributed by atoms with Gasteiger partial charge >= 0.3 is 0 Å². The molecule has 0 atom stereocenters. The second-order valence-electron chi connectivity index (χ2n) is 3.50. The summed E-state index contributed by atoms with van der Waals surface area (Å²) >= 11 is 12.4. The number of fused-ring (bicyclic) bond motifs is 1. The molecule has 1 heterocycles. The molecule has 2 aromatic rings. The van der Waals surface area contributed by atoms with Gasteiger partial charge < -0.3 is 10.3 Å². The molecule has 2 nitrogen and oxygen atoms in total. The molecule has 0 saturated heterocycles. The maximum absolute atomic E-state index is 6.24. The van der Waals surface area contributed by atoms with E-state index >= 15 is 0 Å². The molecular weight excluding hydrogens is 231 g/mol. The molecule has 0 aliphatic rings. The van der Waals surface area contributed by atoms with Crippen LogP contribution in [0.5, 0.6) is 0 Å². The second-order valence-corrected chi connectivity index (χ2v) is 4.27. The topological polar surface area (TPSA) is 30.9 Å². The van der Waals surface area contributed by atoms with Crippen molar-refractivity contribution in [1.82, 2.24) is 4.57 Å². The summed E-state index contributed by atoms with van der Waals surface area (Å²) < 4.78 is 1.91. The van der Waals surface area contributed by atoms with Gasteiger partial charge in [0.05, 0.1) is 10.5 Å². The lowest BCUT2D eigenvalue weighted by Crippen LogP contribution is -2.02. The number of rotatable bonds is 2. The van der Waals surface area contributed by atoms with E-state index in [1.807, 2.05) is 29.8 Å². The number of aromatic nitrogens is 1. The van der Waals surface area contributed by atoms with Gasteiger partial charge in [-0.2, -0.15) is 0 Å². The summed E-state index contributed by atoms with van der Waals surface area (Å²) in [6.07, 6.45) is 0.774. The van der Waals surface area contributed by atoms with E-state index in [0.29, 0.717) is 6.54 Å². The van der Waals surface area contributed by atoms with Crippen LogP contribution in [0.4, 0.5) is 0 Å². The summed E-state index contributed by atoms with van der Waals surface area (Å²) in [5.74, 6) is 0. The Morgan fingerprint density at radius 1 is 1.33 bits per heavy atom. The fourth-order valence-electron chi connectivity index (χ4n) is 1.89. The zero-order valence-electron chi connectivity index (χ0n) is 8.43. The van der Waals surface area contributed by atoms with Crippen LogP contribution >= 0.6 is 23.2 Å². The number of para-hydroxylation sites is 1. The first-order valence-electron chi connectivity index (χ1n) is 4.78. The van der Waals surface area contributed by atoms with Crippen molar-refractivity contribution in [2.75, 3.05) is 6.54 Å². The Bertz CT molecular complexity index is 503. The minimum atomic E-state index is 0.589. The van der Waals surface area contributed by atoms with E-state index in [9.17, 15) is 0 Å². The number of hydrogen-bond acceptors (Lipinski definition) is 1. The first-order valence-corrected chi connectivity index (χ1v) is 5.53. The summed E-state index contributed by atoms with van der Waals surface area (Å²) in [7, 11) is 1.91. The zero-order chi connectivity index (χ0) is 11.0. The van der Waals surface area contributed by atoms with Gasteiger partial charge in [0, 0.05) is 12.4 Å². The maximum Gasteiger partial charge on any atom is 0.113 e. The summed E-state index contributed by atoms with van der Waals surface area (Å²) in [5, 5.41) is 2.55. The Kier molecular flexibility index (Phi) is 2.91. The van der Waals surface area contributed by atoms with Crippen molar-refractivity contribution >= 4 is 34.1 Å². The van der Waals surface area contributed by atoms with Crippen LogP contribution in [0.3, 0.4) is 0 Å². The van der Waals surface area contributed by atoms with Crippen LogP contribution in [-0.2, 0) is 13.5 Å². The van der Waals surface area contributed by atoms with E-state index in [1.165, 1.54) is 0 Å². The Balaban J connectivity index is 2.81. The molecule has 2 rings (SSSR count). The van der Waals surface area contributed by atoms with Crippen molar-refractivity contribution in [3.05, 3.63) is 33.9 Å². The molecule has 1 aromatic carbocycles. The highest BCUT2D eigenvalue weighted by Crippen LogP contribution is 2.33. The van der Waals surface area contributed by atoms with E-state index < -0.39 is 0 Å². The third-order valence-corrected chi connectivity index (χ3v) is 3.37. The highest BCUT2D eigenvalue weighted by molar-refractivity contribution is 6.37. The largest absolute Gasteiger partial charge is 0.333 e. The second kappa shape index (κ2) is 4.05. The minimum Gasteiger partial charge on any atom is -0.333 e. The minimum absolute atomic E-state index is 0.589. The predicted octanol–water partition coefficient (Wildman–Crippen LogP) is 2.99. The maximum atomic E-state index is 6.24. The van der Waals surface area contributed by atoms with Crippen molar-refractivity contribution in [2.45, 2.75) is 6.42 Å². The van der Waals surface area contributed by atoms with E-state index in [1.54, 1.807) is 0 Å². The molecule has 0 aliphatic carbocycles. The van der Waals surface area contributed by atoms with Crippen LogP contribution < -0.4 is 5.73 Å². The smallest absolute Gasteiger partial charge is 0.113 e. The van der Waals surface area contributed by atoms with Crippen LogP contribution in [0, 0.1) is 0 Å². The molecule has 0 fully saturated rings. The van der Waals surface area contributed by atoms with Gasteiger partial charge in [0.2, 0.25) is 0 Å². The Morgan fingerprint density at radius 2 is 2.07 bits per heavy atom. The lowest BCUT2D eigenvalue weighted by atomic mass is 10.1. The van der Waals surface area contributed by atoms with Crippen LogP contribution in [0.1, 0.15) is 5.56 Å². The molecule has 0 amide bonds. The SMILES string of the molecule is Cn1c(Cl)c(CCN)c2cccc(Cl)c21. The van der Waals surface area contributed by atoms with Crippen molar-refractivity contribution in [1.29, 1.82) is 0 Å². The predicted molar refractivity (Wildman–Crippen MR) is 65.7 cm³/mol. The number of hydrogen-bond donors (Lipinski definition) is 1. The molecule has 4 heteroatoms. The van der Waals surface area contributed by atoms with E-state index in [2.05, 4.69) is 0 Å². The molecule has 0 radical (unpaired) electrons. The number of nitrogens with zero attached hydrogens (tertiary/aromatic N) is 1. The lowest BCUT2D eigenvalue weighted by Gasteiger charge is -1.98. The molecule has 0 aliphatic heterocycles. The third-order valence-electron chi connectivity index (χ3n) is 2.59. The molecule has 0 unspecified atom stereocenters. The lowest BCUT2D eigenvalue weighted by molar-refractivity contribution is 0.930. The summed E-state index contributed by atoms with van der Waals surface area (Å²) in [5.41, 5.74) is 7.63. The quantitative estimate of drug-likeness (QED) is 0.863. The summed E-state index contributed by atoms with van der Waals surface area (Å²) in [4.78, 5) is 0. The Morgan fingerprint density at radius 3 is 2.73 bits per heavy atom. The van der Waals surface area contributed by atoms with Gasteiger partial charge in [0.25, 0.3) is 0 Å². The fraction of sp³-hybridized carbons (Fsp3) is 0.273. The van der Waals surface area contributed by atoms with Gasteiger partial charge in [-0.25, -0.2) is 0 Å². The van der Waals surface area contributed by atoms with Gasteiger partial charge in [-0.05, 0) is 24.6 Å². The van der Waals surface area contributed by atoms with Crippen LogP contribution in [0.25, 0.3) is 10.9 Å². The van der Waals surface area contributed by atoms with Gasteiger partial charge in [0.15, 0.2) is 0 Å². The number of halogens is 2. The molecule has 0 bridgehead atoms. The average molecular weight is 243 g/mol. The highest BCUT2D eigenvalue weighted by atomic mass is 35.5. The van der Waals surface area contributed by atoms with E-state index in [-0.39, 0.29) is 0 Å². The monoisotopic (exact) mass is 242 g/mol. The molecule has 15 heavy (non-hydrogen) atoms. The first kappa shape index (κ1) is 10.8. The van der Waals surface area contributed by atoms with Gasteiger partial charge in [-0.1, -0.05) is 35.3 Å². The van der Waals surface area contributed by atoms with Crippen LogP contribution in [0.15, 0.2) is 18.2 Å². The van der Waals surface area contributed by atoms with Crippen molar-refractivity contribution < 1.29 is 0 Å². The summed E-state index contributed by atoms with van der Waals surface area (Å²) in [6, 6.07) is 5.82. The zero-order valence-corrected chi connectivity index (χ0v) is 9.94. The Labute approximate surface area is 98.6 Å². The third kappa shape index (κ3) is 1.63. The number of aryl methyl sites for hydroxylation is 1. The molecule has 80 valence electrons. The molecular formula is C11H12Cl2N2. The standard InChI is InChI=1S/C11H12Cl2N2/c1-15-10-7(3-2-4-9(10)12)8(5-6-14)11(15)13/h2-4H,5-6,14H2,1H3. The number of nitrogens with two attached hydrogens (primary N) is 1. The van der Waals surface area contributed by atoms with Crippen LogP contribution in [-0.4, -0.2) is 11.1 Å². The first-order chi connectivity index (χ1) is 7.16. The average Bonchev–Trinajstić information content (AvgIpc) is 2.45. The highest BCUT2D eigenvalue weighted by Gasteiger charge is 2.14.